The monoisotopic (exact) mass is 437 g/mol. The third kappa shape index (κ3) is 2.93. The average molecular weight is 438 g/mol. The van der Waals surface area contributed by atoms with Crippen molar-refractivity contribution in [2.75, 3.05) is 0 Å². The van der Waals surface area contributed by atoms with E-state index in [0.29, 0.717) is 5.71 Å². The van der Waals surface area contributed by atoms with Gasteiger partial charge in [0.2, 0.25) is 5.71 Å². The molecule has 0 atom stereocenters. The fraction of sp³-hybridized carbons (Fsp3) is 0. The highest BCUT2D eigenvalue weighted by Gasteiger charge is 2.16. The van der Waals surface area contributed by atoms with Gasteiger partial charge in [-0.05, 0) is 48.5 Å². The van der Waals surface area contributed by atoms with E-state index in [1.165, 1.54) is 0 Å². The molecule has 7 rings (SSSR count). The highest BCUT2D eigenvalue weighted by molar-refractivity contribution is 6.05. The Morgan fingerprint density at radius 1 is 0.588 bits per heavy atom. The van der Waals surface area contributed by atoms with Gasteiger partial charge in [-0.3, -0.25) is 4.57 Å². The molecule has 0 saturated heterocycles. The summed E-state index contributed by atoms with van der Waals surface area (Å²) >= 11 is 0. The number of furan rings is 1. The Kier molecular flexibility index (Phi) is 4.11. The van der Waals surface area contributed by atoms with Crippen LogP contribution in [-0.4, -0.2) is 14.5 Å². The lowest BCUT2D eigenvalue weighted by Crippen LogP contribution is -1.97. The van der Waals surface area contributed by atoms with Crippen LogP contribution in [0.3, 0.4) is 0 Å². The predicted molar refractivity (Wildman–Crippen MR) is 137 cm³/mol. The molecule has 0 radical (unpaired) electrons. The number of pyridine rings is 1. The molecule has 0 spiro atoms. The second kappa shape index (κ2) is 7.42. The second-order valence-electron chi connectivity index (χ2n) is 8.32. The van der Waals surface area contributed by atoms with Crippen molar-refractivity contribution in [2.45, 2.75) is 0 Å². The van der Waals surface area contributed by atoms with E-state index in [1.807, 2.05) is 54.6 Å². The quantitative estimate of drug-likeness (QED) is 0.285. The summed E-state index contributed by atoms with van der Waals surface area (Å²) < 4.78 is 8.45. The predicted octanol–water partition coefficient (Wildman–Crippen LogP) is 7.65. The van der Waals surface area contributed by atoms with Gasteiger partial charge in [0.25, 0.3) is 0 Å². The summed E-state index contributed by atoms with van der Waals surface area (Å²) in [6, 6.07) is 39.1. The summed E-state index contributed by atoms with van der Waals surface area (Å²) in [6.45, 7) is 0. The second-order valence-corrected chi connectivity index (χ2v) is 8.32. The number of aromatic nitrogens is 3. The number of hydrogen-bond donors (Lipinski definition) is 0. The van der Waals surface area contributed by atoms with E-state index in [4.69, 9.17) is 14.4 Å². The Labute approximate surface area is 195 Å². The molecule has 4 nitrogen and oxygen atoms in total. The third-order valence-electron chi connectivity index (χ3n) is 6.24. The molecule has 3 heterocycles. The van der Waals surface area contributed by atoms with E-state index >= 15 is 0 Å². The molecule has 0 aliphatic carbocycles. The van der Waals surface area contributed by atoms with Crippen LogP contribution in [0.1, 0.15) is 0 Å². The largest absolute Gasteiger partial charge is 0.438 e. The van der Waals surface area contributed by atoms with Crippen LogP contribution in [0.4, 0.5) is 0 Å². The molecule has 34 heavy (non-hydrogen) atoms. The third-order valence-corrected chi connectivity index (χ3v) is 6.24. The van der Waals surface area contributed by atoms with Gasteiger partial charge in [0.15, 0.2) is 0 Å². The fourth-order valence-corrected chi connectivity index (χ4v) is 4.62. The molecule has 0 unspecified atom stereocenters. The number of para-hydroxylation sites is 3. The van der Waals surface area contributed by atoms with Crippen LogP contribution in [0.2, 0.25) is 0 Å². The molecule has 0 bridgehead atoms. The summed E-state index contributed by atoms with van der Waals surface area (Å²) in [4.78, 5) is 9.78. The van der Waals surface area contributed by atoms with Crippen molar-refractivity contribution in [2.24, 2.45) is 0 Å². The molecule has 0 aliphatic heterocycles. The minimum atomic E-state index is 0.644. The van der Waals surface area contributed by atoms with E-state index in [9.17, 15) is 0 Å². The van der Waals surface area contributed by atoms with E-state index in [-0.39, 0.29) is 0 Å². The highest BCUT2D eigenvalue weighted by atomic mass is 16.3. The lowest BCUT2D eigenvalue weighted by atomic mass is 10.1. The van der Waals surface area contributed by atoms with Crippen LogP contribution < -0.4 is 0 Å². The van der Waals surface area contributed by atoms with Gasteiger partial charge in [-0.15, -0.1) is 0 Å². The molecule has 0 amide bonds. The van der Waals surface area contributed by atoms with Crippen LogP contribution in [-0.2, 0) is 0 Å². The number of imidazole rings is 1. The normalized spacial score (nSPS) is 11.5. The summed E-state index contributed by atoms with van der Waals surface area (Å²) in [6.07, 6.45) is 0. The van der Waals surface area contributed by atoms with Gasteiger partial charge in [0.05, 0.1) is 16.7 Å². The van der Waals surface area contributed by atoms with Crippen molar-refractivity contribution in [1.82, 2.24) is 14.5 Å². The average Bonchev–Trinajstić information content (AvgIpc) is 3.47. The maximum absolute atomic E-state index is 6.25. The molecule has 0 aliphatic rings. The van der Waals surface area contributed by atoms with Crippen LogP contribution in [0.15, 0.2) is 120 Å². The Bertz CT molecular complexity index is 1800. The molecule has 3 aromatic heterocycles. The molecule has 160 valence electrons. The number of benzene rings is 4. The Morgan fingerprint density at radius 3 is 2.18 bits per heavy atom. The summed E-state index contributed by atoms with van der Waals surface area (Å²) in [5.74, 6) is 0.882. The van der Waals surface area contributed by atoms with Crippen molar-refractivity contribution in [3.05, 3.63) is 115 Å². The number of rotatable bonds is 3. The van der Waals surface area contributed by atoms with Crippen molar-refractivity contribution in [3.8, 4) is 28.3 Å². The number of nitrogens with zero attached hydrogens (tertiary/aromatic N) is 3. The first-order valence-corrected chi connectivity index (χ1v) is 11.3. The lowest BCUT2D eigenvalue weighted by Gasteiger charge is -2.09. The van der Waals surface area contributed by atoms with Crippen molar-refractivity contribution in [1.29, 1.82) is 0 Å². The van der Waals surface area contributed by atoms with Crippen LogP contribution in [0, 0.1) is 0 Å². The van der Waals surface area contributed by atoms with Gasteiger partial charge in [-0.2, -0.15) is 0 Å². The first-order valence-electron chi connectivity index (χ1n) is 11.3. The molecule has 0 saturated carbocycles. The molecular formula is C30H19N3O. The van der Waals surface area contributed by atoms with Gasteiger partial charge < -0.3 is 4.42 Å². The van der Waals surface area contributed by atoms with Crippen molar-refractivity contribution < 1.29 is 4.42 Å². The van der Waals surface area contributed by atoms with Gasteiger partial charge in [0.1, 0.15) is 11.4 Å². The van der Waals surface area contributed by atoms with Crippen LogP contribution >= 0.6 is 0 Å². The topological polar surface area (TPSA) is 43.9 Å². The molecule has 4 heteroatoms. The molecule has 0 N–H and O–H groups in total. The van der Waals surface area contributed by atoms with Gasteiger partial charge in [0, 0.05) is 27.6 Å². The fourth-order valence-electron chi connectivity index (χ4n) is 4.62. The van der Waals surface area contributed by atoms with Gasteiger partial charge in [-0.25, -0.2) is 9.97 Å². The number of hydrogen-bond acceptors (Lipinski definition) is 3. The van der Waals surface area contributed by atoms with E-state index in [0.717, 1.165) is 55.7 Å². The summed E-state index contributed by atoms with van der Waals surface area (Å²) in [7, 11) is 0. The van der Waals surface area contributed by atoms with Crippen molar-refractivity contribution >= 4 is 33.1 Å². The van der Waals surface area contributed by atoms with E-state index in [1.54, 1.807) is 0 Å². The van der Waals surface area contributed by atoms with Crippen molar-refractivity contribution in [3.63, 3.8) is 0 Å². The standard InChI is InChI=1S/C30H19N3O/c1-3-9-20(10-4-1)25-18-17-24-23-16-15-21(19-28(23)34-30(24)32-25)29-31-26-13-7-8-14-27(26)33(29)22-11-5-2-6-12-22/h1-19H. The molecule has 4 aromatic carbocycles. The highest BCUT2D eigenvalue weighted by Crippen LogP contribution is 2.34. The van der Waals surface area contributed by atoms with E-state index in [2.05, 4.69) is 65.2 Å². The van der Waals surface area contributed by atoms with Crippen LogP contribution in [0.5, 0.6) is 0 Å². The van der Waals surface area contributed by atoms with Crippen LogP contribution in [0.25, 0.3) is 61.4 Å². The lowest BCUT2D eigenvalue weighted by molar-refractivity contribution is 0.655. The van der Waals surface area contributed by atoms with E-state index < -0.39 is 0 Å². The molecule has 7 aromatic rings. The number of fused-ring (bicyclic) bond motifs is 4. The maximum atomic E-state index is 6.25. The Morgan fingerprint density at radius 2 is 1.32 bits per heavy atom. The smallest absolute Gasteiger partial charge is 0.227 e. The minimum absolute atomic E-state index is 0.644. The molecular weight excluding hydrogens is 418 g/mol. The SMILES string of the molecule is c1ccc(-c2ccc3c(n2)oc2cc(-c4nc5ccccc5n4-c4ccccc4)ccc23)cc1. The van der Waals surface area contributed by atoms with Gasteiger partial charge >= 0.3 is 0 Å². The first-order chi connectivity index (χ1) is 16.8. The first kappa shape index (κ1) is 18.8. The minimum Gasteiger partial charge on any atom is -0.438 e. The zero-order valence-corrected chi connectivity index (χ0v) is 18.2. The molecule has 0 fully saturated rings. The summed E-state index contributed by atoms with van der Waals surface area (Å²) in [5.41, 5.74) is 7.52. The Balaban J connectivity index is 1.42. The zero-order valence-electron chi connectivity index (χ0n) is 18.2. The zero-order chi connectivity index (χ0) is 22.5. The maximum Gasteiger partial charge on any atom is 0.227 e. The van der Waals surface area contributed by atoms with Gasteiger partial charge in [-0.1, -0.05) is 66.7 Å². The Hall–Kier alpha value is -4.70. The summed E-state index contributed by atoms with van der Waals surface area (Å²) in [5, 5.41) is 2.06.